The zero-order chi connectivity index (χ0) is 21.7. The van der Waals surface area contributed by atoms with Crippen molar-refractivity contribution in [1.82, 2.24) is 14.8 Å². The molecule has 0 radical (unpaired) electrons. The van der Waals surface area contributed by atoms with Gasteiger partial charge in [-0.2, -0.15) is 0 Å². The van der Waals surface area contributed by atoms with Crippen LogP contribution in [0, 0.1) is 11.8 Å². The van der Waals surface area contributed by atoms with Gasteiger partial charge in [0.15, 0.2) is 0 Å². The van der Waals surface area contributed by atoms with E-state index in [0.717, 1.165) is 39.1 Å². The number of hydrogen-bond acceptors (Lipinski definition) is 5. The number of pyridine rings is 1. The fourth-order valence-corrected chi connectivity index (χ4v) is 4.74. The number of likely N-dealkylation sites (tertiary alicyclic amines) is 1. The minimum atomic E-state index is -1.03. The Hall–Kier alpha value is -2.19. The highest BCUT2D eigenvalue weighted by atomic mass is 35.5. The van der Waals surface area contributed by atoms with Crippen LogP contribution in [-0.4, -0.2) is 78.4 Å². The summed E-state index contributed by atoms with van der Waals surface area (Å²) in [5, 5.41) is 11.5. The van der Waals surface area contributed by atoms with Crippen LogP contribution in [0.5, 0.6) is 0 Å². The van der Waals surface area contributed by atoms with Crippen molar-refractivity contribution in [2.45, 2.75) is 26.2 Å². The van der Waals surface area contributed by atoms with Gasteiger partial charge < -0.3 is 24.6 Å². The number of carbonyl (C=O) groups excluding carboxylic acids is 3. The van der Waals surface area contributed by atoms with Crippen molar-refractivity contribution in [1.29, 1.82) is 0 Å². The molecule has 0 spiro atoms. The second-order valence-corrected chi connectivity index (χ2v) is 8.69. The quantitative estimate of drug-likeness (QED) is 0.582. The van der Waals surface area contributed by atoms with E-state index in [1.165, 1.54) is 11.1 Å². The maximum absolute atomic E-state index is 12.9. The van der Waals surface area contributed by atoms with E-state index in [1.54, 1.807) is 24.0 Å². The number of carboxylic acid groups (broad SMARTS) is 1. The first-order valence-corrected chi connectivity index (χ1v) is 10.9. The second-order valence-electron chi connectivity index (χ2n) is 8.30. The summed E-state index contributed by atoms with van der Waals surface area (Å²) in [5.74, 6) is -0.901. The maximum Gasteiger partial charge on any atom is 0.254 e. The first kappa shape index (κ1) is 22.5. The van der Waals surface area contributed by atoms with Crippen molar-refractivity contribution >= 4 is 29.4 Å². The molecular weight excluding hydrogens is 408 g/mol. The molecule has 1 aromatic heterocycles. The lowest BCUT2D eigenvalue weighted by atomic mass is 9.81. The lowest BCUT2D eigenvalue weighted by molar-refractivity contribution is -0.904. The highest BCUT2D eigenvalue weighted by Gasteiger charge is 2.33. The van der Waals surface area contributed by atoms with E-state index in [1.807, 2.05) is 4.90 Å². The molecule has 2 fully saturated rings. The molecule has 9 heteroatoms. The van der Waals surface area contributed by atoms with Crippen LogP contribution >= 0.6 is 11.6 Å². The lowest BCUT2D eigenvalue weighted by Crippen LogP contribution is -3.14. The molecule has 164 valence electrons. The number of piperidine rings is 1. The maximum atomic E-state index is 12.9. The summed E-state index contributed by atoms with van der Waals surface area (Å²) in [6.07, 6.45) is 3.03. The number of nitrogens with one attached hydrogen (secondary N) is 1. The van der Waals surface area contributed by atoms with Crippen LogP contribution in [0.2, 0.25) is 5.15 Å². The average molecular weight is 437 g/mol. The highest BCUT2D eigenvalue weighted by Crippen LogP contribution is 2.29. The van der Waals surface area contributed by atoms with E-state index in [2.05, 4.69) is 4.98 Å². The minimum Gasteiger partial charge on any atom is -0.550 e. The van der Waals surface area contributed by atoms with Crippen molar-refractivity contribution in [3.05, 3.63) is 29.0 Å². The largest absolute Gasteiger partial charge is 0.550 e. The zero-order valence-corrected chi connectivity index (χ0v) is 18.1. The van der Waals surface area contributed by atoms with E-state index < -0.39 is 5.97 Å². The number of quaternary nitrogens is 1. The Morgan fingerprint density at radius 3 is 2.57 bits per heavy atom. The van der Waals surface area contributed by atoms with Crippen LogP contribution in [0.1, 0.15) is 36.5 Å². The van der Waals surface area contributed by atoms with Gasteiger partial charge in [0.1, 0.15) is 5.15 Å². The summed E-state index contributed by atoms with van der Waals surface area (Å²) in [5.41, 5.74) is 0.498. The van der Waals surface area contributed by atoms with Crippen molar-refractivity contribution in [2.24, 2.45) is 11.8 Å². The third-order valence-corrected chi connectivity index (χ3v) is 6.57. The molecule has 0 bridgehead atoms. The smallest absolute Gasteiger partial charge is 0.254 e. The van der Waals surface area contributed by atoms with Crippen LogP contribution in [0.15, 0.2) is 18.3 Å². The Morgan fingerprint density at radius 2 is 1.93 bits per heavy atom. The number of piperazine rings is 1. The Morgan fingerprint density at radius 1 is 1.20 bits per heavy atom. The van der Waals surface area contributed by atoms with Gasteiger partial charge in [0.2, 0.25) is 5.91 Å². The van der Waals surface area contributed by atoms with Gasteiger partial charge in [0.25, 0.3) is 5.91 Å². The van der Waals surface area contributed by atoms with E-state index in [0.29, 0.717) is 25.1 Å². The zero-order valence-electron chi connectivity index (χ0n) is 17.3. The van der Waals surface area contributed by atoms with Crippen LogP contribution in [0.3, 0.4) is 0 Å². The fourth-order valence-electron chi connectivity index (χ4n) is 4.57. The molecule has 1 aromatic rings. The standard InChI is InChI=1S/C21H29ClN4O4/c1-15(27)25-10-8-24(9-11-25)6-3-18-14-26(7-4-16(18)13-20(28)29)21(30)17-2-5-23-19(22)12-17/h2,5,12,16,18H,3-4,6-11,13-14H2,1H3,(H,28,29)/t16-,18-/m0/s1. The summed E-state index contributed by atoms with van der Waals surface area (Å²) >= 11 is 5.92. The van der Waals surface area contributed by atoms with Crippen molar-refractivity contribution in [3.8, 4) is 0 Å². The number of aromatic nitrogens is 1. The topological polar surface area (TPSA) is 98.1 Å². The number of amides is 2. The van der Waals surface area contributed by atoms with Gasteiger partial charge in [-0.1, -0.05) is 11.6 Å². The van der Waals surface area contributed by atoms with Gasteiger partial charge in [0.05, 0.1) is 32.7 Å². The predicted molar refractivity (Wildman–Crippen MR) is 109 cm³/mol. The molecule has 8 nitrogen and oxygen atoms in total. The molecule has 0 aliphatic carbocycles. The number of aliphatic carboxylic acids is 1. The van der Waals surface area contributed by atoms with E-state index in [4.69, 9.17) is 11.6 Å². The molecule has 2 atom stereocenters. The molecule has 2 aliphatic rings. The van der Waals surface area contributed by atoms with E-state index >= 15 is 0 Å². The number of halogens is 1. The van der Waals surface area contributed by atoms with Gasteiger partial charge in [0, 0.05) is 44.2 Å². The number of carboxylic acids is 1. The van der Waals surface area contributed by atoms with Gasteiger partial charge >= 0.3 is 0 Å². The molecule has 3 heterocycles. The molecule has 30 heavy (non-hydrogen) atoms. The third kappa shape index (κ3) is 5.92. The summed E-state index contributed by atoms with van der Waals surface area (Å²) in [4.78, 5) is 44.6. The summed E-state index contributed by atoms with van der Waals surface area (Å²) < 4.78 is 0. The highest BCUT2D eigenvalue weighted by molar-refractivity contribution is 6.29. The van der Waals surface area contributed by atoms with Crippen molar-refractivity contribution in [3.63, 3.8) is 0 Å². The molecule has 3 rings (SSSR count). The SMILES string of the molecule is CC(=O)N1CC[NH+](CC[C@H]2CN(C(=O)c3ccnc(Cl)c3)CC[C@H]2CC(=O)[O-])CC1. The molecule has 0 unspecified atom stereocenters. The molecule has 2 amide bonds. The second kappa shape index (κ2) is 10.2. The number of rotatable bonds is 6. The normalized spacial score (nSPS) is 22.7. The third-order valence-electron chi connectivity index (χ3n) is 6.37. The Labute approximate surface area is 181 Å². The Bertz CT molecular complexity index is 782. The Balaban J connectivity index is 1.60. The van der Waals surface area contributed by atoms with Gasteiger partial charge in [-0.15, -0.1) is 0 Å². The number of carbonyl (C=O) groups is 3. The van der Waals surface area contributed by atoms with Gasteiger partial charge in [-0.05, 0) is 36.8 Å². The van der Waals surface area contributed by atoms with Gasteiger partial charge in [-0.25, -0.2) is 4.98 Å². The summed E-state index contributed by atoms with van der Waals surface area (Å²) in [6.45, 7) is 6.87. The van der Waals surface area contributed by atoms with E-state index in [9.17, 15) is 19.5 Å². The Kier molecular flexibility index (Phi) is 7.66. The lowest BCUT2D eigenvalue weighted by Gasteiger charge is -2.40. The van der Waals surface area contributed by atoms with Crippen LogP contribution < -0.4 is 10.0 Å². The molecule has 2 aliphatic heterocycles. The van der Waals surface area contributed by atoms with Crippen molar-refractivity contribution < 1.29 is 24.4 Å². The van der Waals surface area contributed by atoms with Crippen LogP contribution in [-0.2, 0) is 9.59 Å². The molecule has 0 saturated carbocycles. The molecule has 2 saturated heterocycles. The molecular formula is C21H29ClN4O4. The fraction of sp³-hybridized carbons (Fsp3) is 0.619. The first-order valence-electron chi connectivity index (χ1n) is 10.5. The van der Waals surface area contributed by atoms with Crippen LogP contribution in [0.4, 0.5) is 0 Å². The molecule has 1 N–H and O–H groups in total. The van der Waals surface area contributed by atoms with Gasteiger partial charge in [-0.3, -0.25) is 9.59 Å². The minimum absolute atomic E-state index is 0.0120. The van der Waals surface area contributed by atoms with Crippen molar-refractivity contribution in [2.75, 3.05) is 45.8 Å². The number of hydrogen-bond donors (Lipinski definition) is 1. The van der Waals surface area contributed by atoms with E-state index in [-0.39, 0.29) is 35.2 Å². The monoisotopic (exact) mass is 436 g/mol. The van der Waals surface area contributed by atoms with Crippen LogP contribution in [0.25, 0.3) is 0 Å². The first-order chi connectivity index (χ1) is 14.3. The average Bonchev–Trinajstić information content (AvgIpc) is 2.72. The predicted octanol–water partition coefficient (Wildman–Crippen LogP) is -0.910. The number of nitrogens with zero attached hydrogens (tertiary/aromatic N) is 3. The summed E-state index contributed by atoms with van der Waals surface area (Å²) in [7, 11) is 0. The summed E-state index contributed by atoms with van der Waals surface area (Å²) in [6, 6.07) is 3.21. The molecule has 0 aromatic carbocycles.